The highest BCUT2D eigenvalue weighted by atomic mass is 79.9. The largest absolute Gasteiger partial charge is 0.487 e. The maximum atomic E-state index is 11.7. The molecule has 2 heterocycles. The van der Waals surface area contributed by atoms with Crippen molar-refractivity contribution in [1.29, 1.82) is 0 Å². The van der Waals surface area contributed by atoms with E-state index in [9.17, 15) is 14.9 Å². The topological polar surface area (TPSA) is 122 Å². The standard InChI is InChI=1S/C21H16BrN5O5/c1-2-31-21(28)13-3-6-16(7-4-13)32-12-15-11-26(25-24-15)20-17-9-14(22)5-8-18(17)23-10-19(20)27(29)30/h3-11H,2,12H2,1H3. The van der Waals surface area contributed by atoms with Crippen LogP contribution in [0.2, 0.25) is 0 Å². The first-order valence-electron chi connectivity index (χ1n) is 9.50. The number of rotatable bonds is 7. The molecule has 4 rings (SSSR count). The van der Waals surface area contributed by atoms with Gasteiger partial charge in [-0.2, -0.15) is 0 Å². The van der Waals surface area contributed by atoms with Gasteiger partial charge in [-0.25, -0.2) is 14.5 Å². The van der Waals surface area contributed by atoms with Crippen LogP contribution in [0.25, 0.3) is 16.6 Å². The number of hydrogen-bond acceptors (Lipinski definition) is 8. The Labute approximate surface area is 190 Å². The maximum Gasteiger partial charge on any atom is 0.338 e. The van der Waals surface area contributed by atoms with Crippen LogP contribution in [0.1, 0.15) is 23.0 Å². The highest BCUT2D eigenvalue weighted by molar-refractivity contribution is 9.10. The summed E-state index contributed by atoms with van der Waals surface area (Å²) >= 11 is 3.39. The van der Waals surface area contributed by atoms with Crippen LogP contribution in [0.5, 0.6) is 5.75 Å². The van der Waals surface area contributed by atoms with Gasteiger partial charge in [-0.05, 0) is 49.4 Å². The molecule has 0 amide bonds. The van der Waals surface area contributed by atoms with Crippen molar-refractivity contribution in [3.05, 3.63) is 80.7 Å². The van der Waals surface area contributed by atoms with Crippen molar-refractivity contribution >= 4 is 38.5 Å². The Hall–Kier alpha value is -3.86. The van der Waals surface area contributed by atoms with E-state index < -0.39 is 10.9 Å². The molecule has 0 radical (unpaired) electrons. The van der Waals surface area contributed by atoms with Crippen LogP contribution in [-0.2, 0) is 11.3 Å². The molecule has 0 saturated heterocycles. The SMILES string of the molecule is CCOC(=O)c1ccc(OCc2cn(-c3c([N+](=O)[O-])cnc4ccc(Br)cc34)nn2)cc1. The Kier molecular flexibility index (Phi) is 6.08. The Morgan fingerprint density at radius 1 is 1.22 bits per heavy atom. The number of hydrogen-bond donors (Lipinski definition) is 0. The van der Waals surface area contributed by atoms with Crippen LogP contribution in [-0.4, -0.2) is 37.5 Å². The van der Waals surface area contributed by atoms with Crippen LogP contribution >= 0.6 is 15.9 Å². The average molecular weight is 498 g/mol. The van der Waals surface area contributed by atoms with Gasteiger partial charge in [0, 0.05) is 9.86 Å². The van der Waals surface area contributed by atoms with Crippen LogP contribution in [0.4, 0.5) is 5.69 Å². The van der Waals surface area contributed by atoms with Gasteiger partial charge in [0.05, 0.1) is 28.8 Å². The molecule has 0 bridgehead atoms. The molecule has 0 aliphatic rings. The lowest BCUT2D eigenvalue weighted by atomic mass is 10.1. The predicted octanol–water partition coefficient (Wildman–Crippen LogP) is 4.24. The maximum absolute atomic E-state index is 11.7. The Morgan fingerprint density at radius 3 is 2.72 bits per heavy atom. The second-order valence-corrected chi connectivity index (χ2v) is 7.51. The summed E-state index contributed by atoms with van der Waals surface area (Å²) in [5.74, 6) is 0.122. The van der Waals surface area contributed by atoms with Crippen molar-refractivity contribution < 1.29 is 19.2 Å². The molecule has 162 valence electrons. The lowest BCUT2D eigenvalue weighted by Crippen LogP contribution is -2.04. The molecule has 0 aliphatic carbocycles. The minimum atomic E-state index is -0.508. The number of carbonyl (C=O) groups excluding carboxylic acids is 1. The Balaban J connectivity index is 1.57. The van der Waals surface area contributed by atoms with Crippen molar-refractivity contribution in [2.75, 3.05) is 6.61 Å². The number of fused-ring (bicyclic) bond motifs is 1. The summed E-state index contributed by atoms with van der Waals surface area (Å²) in [5, 5.41) is 20.3. The average Bonchev–Trinajstić information content (AvgIpc) is 3.26. The van der Waals surface area contributed by atoms with Crippen molar-refractivity contribution in [2.45, 2.75) is 13.5 Å². The number of ether oxygens (including phenoxy) is 2. The number of carbonyl (C=O) groups is 1. The normalized spacial score (nSPS) is 10.8. The molecule has 32 heavy (non-hydrogen) atoms. The van der Waals surface area contributed by atoms with Gasteiger partial charge < -0.3 is 9.47 Å². The van der Waals surface area contributed by atoms with Gasteiger partial charge >= 0.3 is 11.7 Å². The van der Waals surface area contributed by atoms with Crippen LogP contribution < -0.4 is 4.74 Å². The van der Waals surface area contributed by atoms with E-state index in [1.165, 1.54) is 10.9 Å². The minimum absolute atomic E-state index is 0.0826. The number of nitrogens with zero attached hydrogens (tertiary/aromatic N) is 5. The fourth-order valence-electron chi connectivity index (χ4n) is 3.05. The third-order valence-electron chi connectivity index (χ3n) is 4.50. The van der Waals surface area contributed by atoms with Crippen molar-refractivity contribution in [3.8, 4) is 11.4 Å². The van der Waals surface area contributed by atoms with Gasteiger partial charge in [-0.15, -0.1) is 5.10 Å². The zero-order valence-electron chi connectivity index (χ0n) is 16.8. The van der Waals surface area contributed by atoms with Crippen LogP contribution in [0, 0.1) is 10.1 Å². The molecule has 11 heteroatoms. The third-order valence-corrected chi connectivity index (χ3v) is 4.99. The van der Waals surface area contributed by atoms with E-state index >= 15 is 0 Å². The molecule has 0 unspecified atom stereocenters. The summed E-state index contributed by atoms with van der Waals surface area (Å²) in [7, 11) is 0. The van der Waals surface area contributed by atoms with E-state index in [0.717, 1.165) is 4.47 Å². The van der Waals surface area contributed by atoms with Gasteiger partial charge in [-0.3, -0.25) is 10.1 Å². The second kappa shape index (κ2) is 9.10. The molecule has 0 fully saturated rings. The molecule has 4 aromatic rings. The third kappa shape index (κ3) is 4.42. The Morgan fingerprint density at radius 2 is 2.00 bits per heavy atom. The fourth-order valence-corrected chi connectivity index (χ4v) is 3.41. The second-order valence-electron chi connectivity index (χ2n) is 6.60. The number of nitro groups is 1. The number of halogens is 1. The van der Waals surface area contributed by atoms with Gasteiger partial charge in [0.25, 0.3) is 0 Å². The Bertz CT molecular complexity index is 1310. The lowest BCUT2D eigenvalue weighted by molar-refractivity contribution is -0.384. The lowest BCUT2D eigenvalue weighted by Gasteiger charge is -2.07. The summed E-state index contributed by atoms with van der Waals surface area (Å²) in [4.78, 5) is 27.0. The summed E-state index contributed by atoms with van der Waals surface area (Å²) < 4.78 is 12.7. The van der Waals surface area contributed by atoms with E-state index in [4.69, 9.17) is 9.47 Å². The molecule has 0 atom stereocenters. The van der Waals surface area contributed by atoms with E-state index in [1.807, 2.05) is 0 Å². The van der Waals surface area contributed by atoms with Crippen LogP contribution in [0.15, 0.2) is 59.3 Å². The van der Waals surface area contributed by atoms with Gasteiger partial charge in [0.15, 0.2) is 5.69 Å². The summed E-state index contributed by atoms with van der Waals surface area (Å²) in [6.45, 7) is 2.12. The van der Waals surface area contributed by atoms with Gasteiger partial charge in [0.2, 0.25) is 0 Å². The first kappa shape index (κ1) is 21.4. The molecule has 10 nitrogen and oxygen atoms in total. The number of benzene rings is 2. The molecular weight excluding hydrogens is 482 g/mol. The zero-order chi connectivity index (χ0) is 22.7. The number of pyridine rings is 1. The van der Waals surface area contributed by atoms with Crippen molar-refractivity contribution in [3.63, 3.8) is 0 Å². The number of esters is 1. The van der Waals surface area contributed by atoms with E-state index in [1.54, 1.807) is 55.6 Å². The molecule has 2 aromatic heterocycles. The summed E-state index contributed by atoms with van der Waals surface area (Å²) in [6, 6.07) is 11.8. The molecule has 0 N–H and O–H groups in total. The summed E-state index contributed by atoms with van der Waals surface area (Å²) in [6.07, 6.45) is 2.77. The first-order chi connectivity index (χ1) is 15.5. The highest BCUT2D eigenvalue weighted by Gasteiger charge is 2.21. The zero-order valence-corrected chi connectivity index (χ0v) is 18.4. The van der Waals surface area contributed by atoms with E-state index in [-0.39, 0.29) is 18.0 Å². The van der Waals surface area contributed by atoms with E-state index in [0.29, 0.717) is 34.5 Å². The van der Waals surface area contributed by atoms with Crippen molar-refractivity contribution in [2.24, 2.45) is 0 Å². The highest BCUT2D eigenvalue weighted by Crippen LogP contribution is 2.31. The molecule has 0 aliphatic heterocycles. The molecular formula is C21H16BrN5O5. The predicted molar refractivity (Wildman–Crippen MR) is 118 cm³/mol. The molecule has 0 spiro atoms. The van der Waals surface area contributed by atoms with Crippen LogP contribution in [0.3, 0.4) is 0 Å². The van der Waals surface area contributed by atoms with Gasteiger partial charge in [0.1, 0.15) is 24.2 Å². The fraction of sp³-hybridized carbons (Fsp3) is 0.143. The van der Waals surface area contributed by atoms with E-state index in [2.05, 4.69) is 31.2 Å². The molecule has 0 saturated carbocycles. The number of aromatic nitrogens is 4. The summed E-state index contributed by atoms with van der Waals surface area (Å²) in [5.41, 5.74) is 1.55. The first-order valence-corrected chi connectivity index (χ1v) is 10.3. The van der Waals surface area contributed by atoms with Crippen molar-refractivity contribution in [1.82, 2.24) is 20.0 Å². The quantitative estimate of drug-likeness (QED) is 0.211. The smallest absolute Gasteiger partial charge is 0.338 e. The monoisotopic (exact) mass is 497 g/mol. The minimum Gasteiger partial charge on any atom is -0.487 e. The molecule has 2 aromatic carbocycles. The van der Waals surface area contributed by atoms with Gasteiger partial charge in [-0.1, -0.05) is 21.1 Å².